The number of halogens is 1. The van der Waals surface area contributed by atoms with Gasteiger partial charge in [0.1, 0.15) is 0 Å². The molecule has 1 aliphatic rings. The zero-order valence-corrected chi connectivity index (χ0v) is 11.9. The van der Waals surface area contributed by atoms with Crippen LogP contribution in [-0.4, -0.2) is 23.4 Å². The number of nitrogens with zero attached hydrogens (tertiary/aromatic N) is 2. The summed E-state index contributed by atoms with van der Waals surface area (Å²) in [5.41, 5.74) is 6.91. The normalized spacial score (nSPS) is 25.1. The number of hydrogen-bond acceptors (Lipinski definition) is 3. The fraction of sp³-hybridized carbons (Fsp3) is 0.500. The van der Waals surface area contributed by atoms with Crippen LogP contribution < -0.4 is 5.73 Å². The van der Waals surface area contributed by atoms with E-state index in [1.165, 1.54) is 0 Å². The van der Waals surface area contributed by atoms with Crippen molar-refractivity contribution in [3.05, 3.63) is 34.9 Å². The summed E-state index contributed by atoms with van der Waals surface area (Å²) >= 11 is 6.34. The fourth-order valence-electron chi connectivity index (χ4n) is 2.65. The predicted octanol–water partition coefficient (Wildman–Crippen LogP) is 2.98. The molecule has 0 bridgehead atoms. The van der Waals surface area contributed by atoms with Gasteiger partial charge in [0.15, 0.2) is 5.96 Å². The zero-order chi connectivity index (χ0) is 13.3. The lowest BCUT2D eigenvalue weighted by atomic mass is 9.89. The third-order valence-electron chi connectivity index (χ3n) is 3.81. The molecule has 18 heavy (non-hydrogen) atoms. The second kappa shape index (κ2) is 4.81. The molecule has 0 aromatic heterocycles. The standard InChI is InChI=1S/C14H20ClN3/c1-4-10(2)18-13(16)17-9-14(18,3)11-7-5-6-8-12(11)15/h5-8,10H,4,9H2,1-3H3,(H2,16,17). The lowest BCUT2D eigenvalue weighted by molar-refractivity contribution is 0.171. The highest BCUT2D eigenvalue weighted by molar-refractivity contribution is 6.31. The first-order valence-electron chi connectivity index (χ1n) is 6.35. The van der Waals surface area contributed by atoms with E-state index in [0.717, 1.165) is 17.0 Å². The lowest BCUT2D eigenvalue weighted by Gasteiger charge is -2.41. The SMILES string of the molecule is CCC(C)N1C(N)=NCC1(C)c1ccccc1Cl. The average Bonchev–Trinajstić information content (AvgIpc) is 2.66. The quantitative estimate of drug-likeness (QED) is 0.913. The highest BCUT2D eigenvalue weighted by atomic mass is 35.5. The van der Waals surface area contributed by atoms with Crippen molar-refractivity contribution in [3.63, 3.8) is 0 Å². The summed E-state index contributed by atoms with van der Waals surface area (Å²) in [5, 5.41) is 0.776. The van der Waals surface area contributed by atoms with Crippen molar-refractivity contribution in [1.29, 1.82) is 0 Å². The molecular weight excluding hydrogens is 246 g/mol. The smallest absolute Gasteiger partial charge is 0.192 e. The molecule has 4 heteroatoms. The Labute approximate surface area is 114 Å². The van der Waals surface area contributed by atoms with E-state index in [1.807, 2.05) is 18.2 Å². The first kappa shape index (κ1) is 13.2. The Kier molecular flexibility index (Phi) is 3.53. The van der Waals surface area contributed by atoms with E-state index < -0.39 is 0 Å². The lowest BCUT2D eigenvalue weighted by Crippen LogP contribution is -2.51. The van der Waals surface area contributed by atoms with Crippen LogP contribution in [0.25, 0.3) is 0 Å². The van der Waals surface area contributed by atoms with Crippen molar-refractivity contribution in [2.75, 3.05) is 6.54 Å². The van der Waals surface area contributed by atoms with Crippen molar-refractivity contribution < 1.29 is 0 Å². The minimum Gasteiger partial charge on any atom is -0.370 e. The van der Waals surface area contributed by atoms with Crippen molar-refractivity contribution in [2.24, 2.45) is 10.7 Å². The molecule has 1 aliphatic heterocycles. The van der Waals surface area contributed by atoms with Crippen LogP contribution in [0.4, 0.5) is 0 Å². The number of aliphatic imine (C=N–C) groups is 1. The maximum Gasteiger partial charge on any atom is 0.192 e. The topological polar surface area (TPSA) is 41.6 Å². The van der Waals surface area contributed by atoms with E-state index in [0.29, 0.717) is 18.5 Å². The van der Waals surface area contributed by atoms with Crippen LogP contribution in [0, 0.1) is 0 Å². The summed E-state index contributed by atoms with van der Waals surface area (Å²) in [6, 6.07) is 8.28. The Morgan fingerprint density at radius 1 is 1.50 bits per heavy atom. The molecule has 1 heterocycles. The zero-order valence-electron chi connectivity index (χ0n) is 11.2. The fourth-order valence-corrected chi connectivity index (χ4v) is 2.99. The number of nitrogens with two attached hydrogens (primary N) is 1. The van der Waals surface area contributed by atoms with Crippen LogP contribution in [0.1, 0.15) is 32.8 Å². The van der Waals surface area contributed by atoms with E-state index >= 15 is 0 Å². The summed E-state index contributed by atoms with van der Waals surface area (Å²) in [5.74, 6) is 0.617. The Morgan fingerprint density at radius 2 is 2.17 bits per heavy atom. The van der Waals surface area contributed by atoms with E-state index in [1.54, 1.807) is 0 Å². The molecular formula is C14H20ClN3. The van der Waals surface area contributed by atoms with Crippen LogP contribution in [0.3, 0.4) is 0 Å². The summed E-state index contributed by atoms with van der Waals surface area (Å²) in [6.45, 7) is 7.14. The maximum absolute atomic E-state index is 6.34. The van der Waals surface area contributed by atoms with Gasteiger partial charge >= 0.3 is 0 Å². The summed E-state index contributed by atoms with van der Waals surface area (Å²) in [4.78, 5) is 6.61. The largest absolute Gasteiger partial charge is 0.370 e. The highest BCUT2D eigenvalue weighted by Gasteiger charge is 2.42. The van der Waals surface area contributed by atoms with Gasteiger partial charge in [0, 0.05) is 11.1 Å². The number of rotatable bonds is 3. The summed E-state index contributed by atoms with van der Waals surface area (Å²) < 4.78 is 0. The third-order valence-corrected chi connectivity index (χ3v) is 4.14. The Bertz CT molecular complexity index is 472. The molecule has 2 N–H and O–H groups in total. The average molecular weight is 266 g/mol. The van der Waals surface area contributed by atoms with E-state index in [2.05, 4.69) is 36.7 Å². The Morgan fingerprint density at radius 3 is 2.78 bits per heavy atom. The van der Waals surface area contributed by atoms with Crippen molar-refractivity contribution in [3.8, 4) is 0 Å². The van der Waals surface area contributed by atoms with Crippen molar-refractivity contribution in [1.82, 2.24) is 4.90 Å². The number of guanidine groups is 1. The van der Waals surface area contributed by atoms with Crippen LogP contribution in [0.15, 0.2) is 29.3 Å². The predicted molar refractivity (Wildman–Crippen MR) is 76.9 cm³/mol. The molecule has 98 valence electrons. The van der Waals surface area contributed by atoms with Crippen molar-refractivity contribution in [2.45, 2.75) is 38.8 Å². The van der Waals surface area contributed by atoms with Crippen LogP contribution in [0.2, 0.25) is 5.02 Å². The van der Waals surface area contributed by atoms with Gasteiger partial charge in [0.25, 0.3) is 0 Å². The van der Waals surface area contributed by atoms with E-state index in [9.17, 15) is 0 Å². The van der Waals surface area contributed by atoms with E-state index in [-0.39, 0.29) is 5.54 Å². The van der Waals surface area contributed by atoms with Gasteiger partial charge in [-0.05, 0) is 31.9 Å². The second-order valence-electron chi connectivity index (χ2n) is 5.06. The van der Waals surface area contributed by atoms with Gasteiger partial charge in [0.2, 0.25) is 0 Å². The first-order chi connectivity index (χ1) is 8.50. The molecule has 0 aliphatic carbocycles. The van der Waals surface area contributed by atoms with E-state index in [4.69, 9.17) is 17.3 Å². The molecule has 0 saturated heterocycles. The molecule has 0 amide bonds. The second-order valence-corrected chi connectivity index (χ2v) is 5.46. The summed E-state index contributed by atoms with van der Waals surface area (Å²) in [7, 11) is 0. The maximum atomic E-state index is 6.34. The Balaban J connectivity index is 2.45. The first-order valence-corrected chi connectivity index (χ1v) is 6.72. The Hall–Kier alpha value is -1.22. The van der Waals surface area contributed by atoms with Crippen molar-refractivity contribution >= 4 is 17.6 Å². The highest BCUT2D eigenvalue weighted by Crippen LogP contribution is 2.38. The van der Waals surface area contributed by atoms with Gasteiger partial charge in [-0.15, -0.1) is 0 Å². The van der Waals surface area contributed by atoms with Gasteiger partial charge in [0.05, 0.1) is 12.1 Å². The third kappa shape index (κ3) is 1.97. The molecule has 0 fully saturated rings. The monoisotopic (exact) mass is 265 g/mol. The molecule has 1 aromatic carbocycles. The summed E-state index contributed by atoms with van der Waals surface area (Å²) in [6.07, 6.45) is 1.02. The number of hydrogen-bond donors (Lipinski definition) is 1. The van der Waals surface area contributed by atoms with Gasteiger partial charge in [-0.3, -0.25) is 4.99 Å². The molecule has 0 saturated carbocycles. The van der Waals surface area contributed by atoms with Gasteiger partial charge in [-0.2, -0.15) is 0 Å². The van der Waals surface area contributed by atoms with Gasteiger partial charge < -0.3 is 10.6 Å². The number of benzene rings is 1. The molecule has 0 spiro atoms. The van der Waals surface area contributed by atoms with Crippen LogP contribution in [-0.2, 0) is 5.54 Å². The minimum absolute atomic E-state index is 0.238. The van der Waals surface area contributed by atoms with Crippen LogP contribution >= 0.6 is 11.6 Å². The molecule has 0 radical (unpaired) electrons. The molecule has 3 nitrogen and oxygen atoms in total. The van der Waals surface area contributed by atoms with Gasteiger partial charge in [-0.1, -0.05) is 36.7 Å². The van der Waals surface area contributed by atoms with Crippen LogP contribution in [0.5, 0.6) is 0 Å². The minimum atomic E-state index is -0.238. The molecule has 2 atom stereocenters. The van der Waals surface area contributed by atoms with Gasteiger partial charge in [-0.25, -0.2) is 0 Å². The molecule has 1 aromatic rings. The molecule has 2 unspecified atom stereocenters. The molecule has 2 rings (SSSR count).